The number of nitriles is 1. The van der Waals surface area contributed by atoms with Gasteiger partial charge in [-0.05, 0) is 58.9 Å². The molecule has 0 unspecified atom stereocenters. The second kappa shape index (κ2) is 11.7. The predicted octanol–water partition coefficient (Wildman–Crippen LogP) is 3.49. The summed E-state index contributed by atoms with van der Waals surface area (Å²) < 4.78 is 23.9. The molecule has 4 rings (SSSR count). The Hall–Kier alpha value is -4.28. The maximum absolute atomic E-state index is 14.3. The van der Waals surface area contributed by atoms with E-state index in [-0.39, 0.29) is 42.3 Å². The molecule has 11 nitrogen and oxygen atoms in total. The zero-order chi connectivity index (χ0) is 30.1. The molecular formula is C28H31FN6O5S. The highest BCUT2D eigenvalue weighted by Gasteiger charge is 2.36. The number of nitrogens with zero attached hydrogens (tertiary/aromatic N) is 5. The Balaban J connectivity index is 2.02. The van der Waals surface area contributed by atoms with E-state index in [0.29, 0.717) is 15.4 Å². The number of carbonyl (C=O) groups is 1. The highest BCUT2D eigenvalue weighted by Crippen LogP contribution is 2.34. The van der Waals surface area contributed by atoms with Gasteiger partial charge in [0.15, 0.2) is 0 Å². The summed E-state index contributed by atoms with van der Waals surface area (Å²) in [6.07, 6.45) is 2.23. The fraction of sp³-hybridized carbons (Fsp3) is 0.393. The van der Waals surface area contributed by atoms with Crippen LogP contribution >= 0.6 is 11.3 Å². The van der Waals surface area contributed by atoms with Crippen molar-refractivity contribution >= 4 is 27.5 Å². The van der Waals surface area contributed by atoms with Crippen molar-refractivity contribution in [2.75, 3.05) is 6.61 Å². The molecule has 0 radical (unpaired) electrons. The Morgan fingerprint density at radius 2 is 2.05 bits per heavy atom. The van der Waals surface area contributed by atoms with Gasteiger partial charge in [0, 0.05) is 29.6 Å². The molecule has 0 aliphatic heterocycles. The quantitative estimate of drug-likeness (QED) is 0.272. The molecule has 0 spiro atoms. The monoisotopic (exact) mass is 582 g/mol. The van der Waals surface area contributed by atoms with Crippen molar-refractivity contribution in [1.29, 1.82) is 5.26 Å². The summed E-state index contributed by atoms with van der Waals surface area (Å²) in [5.74, 6) is -1.42. The summed E-state index contributed by atoms with van der Waals surface area (Å²) in [5.41, 5.74) is -2.40. The number of hydrogen-bond acceptors (Lipinski definition) is 8. The van der Waals surface area contributed by atoms with E-state index in [2.05, 4.69) is 10.4 Å². The van der Waals surface area contributed by atoms with E-state index in [0.717, 1.165) is 28.0 Å². The van der Waals surface area contributed by atoms with E-state index < -0.39 is 34.6 Å². The van der Waals surface area contributed by atoms with Crippen molar-refractivity contribution in [1.82, 2.24) is 24.2 Å². The van der Waals surface area contributed by atoms with Crippen molar-refractivity contribution in [2.24, 2.45) is 0 Å². The number of hydrogen-bond donors (Lipinski definition) is 2. The molecule has 41 heavy (non-hydrogen) atoms. The van der Waals surface area contributed by atoms with Crippen LogP contribution < -0.4 is 16.6 Å². The molecule has 0 saturated carbocycles. The first-order chi connectivity index (χ1) is 19.4. The minimum atomic E-state index is -1.59. The lowest BCUT2D eigenvalue weighted by Gasteiger charge is -2.28. The molecule has 0 fully saturated rings. The summed E-state index contributed by atoms with van der Waals surface area (Å²) in [4.78, 5) is 41.7. The topological polar surface area (TPSA) is 144 Å². The molecule has 0 saturated heterocycles. The molecule has 1 atom stereocenters. The largest absolute Gasteiger partial charge is 0.508 e. The third-order valence-electron chi connectivity index (χ3n) is 6.65. The standard InChI is InChI=1S/C28H31FN6O5S/c1-16(2)32-26(38)28(4,5)35-23(37)22-17(3)24(34-12-7-11-31-34)41-25(22)33(27(35)39)15-21(40-13-6-10-30)19-14-18(29)8-9-20(19)36/h7-9,11-12,14,16,21,36H,6,13,15H2,1-5H3,(H,32,38)/t21-/m0/s1. The number of aromatic hydroxyl groups is 1. The van der Waals surface area contributed by atoms with Crippen molar-refractivity contribution in [3.05, 3.63) is 74.4 Å². The number of phenols is 1. The predicted molar refractivity (Wildman–Crippen MR) is 152 cm³/mol. The summed E-state index contributed by atoms with van der Waals surface area (Å²) in [7, 11) is 0. The number of halogens is 1. The number of thiophene rings is 1. The van der Waals surface area contributed by atoms with Crippen LogP contribution in [0, 0.1) is 24.1 Å². The van der Waals surface area contributed by atoms with Crippen LogP contribution in [-0.2, 0) is 21.6 Å². The SMILES string of the molecule is Cc1c(-n2cccn2)sc2c1c(=O)n(C(C)(C)C(=O)NC(C)C)c(=O)n2C[C@H](OCCC#N)c1cc(F)ccc1O. The molecule has 1 aromatic carbocycles. The highest BCUT2D eigenvalue weighted by molar-refractivity contribution is 7.21. The lowest BCUT2D eigenvalue weighted by molar-refractivity contribution is -0.129. The van der Waals surface area contributed by atoms with Crippen LogP contribution in [-0.4, -0.2) is 42.6 Å². The maximum atomic E-state index is 14.3. The van der Waals surface area contributed by atoms with E-state index in [1.807, 2.05) is 6.07 Å². The number of nitrogens with one attached hydrogen (secondary N) is 1. The zero-order valence-electron chi connectivity index (χ0n) is 23.3. The van der Waals surface area contributed by atoms with Gasteiger partial charge in [-0.2, -0.15) is 10.4 Å². The van der Waals surface area contributed by atoms with Crippen LogP contribution in [0.25, 0.3) is 15.2 Å². The Kier molecular flexibility index (Phi) is 8.46. The van der Waals surface area contributed by atoms with Gasteiger partial charge in [0.2, 0.25) is 5.91 Å². The molecule has 0 bridgehead atoms. The number of fused-ring (bicyclic) bond motifs is 1. The lowest BCUT2D eigenvalue weighted by Crippen LogP contribution is -2.56. The third-order valence-corrected chi connectivity index (χ3v) is 7.96. The maximum Gasteiger partial charge on any atom is 0.333 e. The van der Waals surface area contributed by atoms with Gasteiger partial charge in [0.1, 0.15) is 33.0 Å². The number of phenolic OH excluding ortho intramolecular Hbond substituents is 1. The van der Waals surface area contributed by atoms with Gasteiger partial charge in [-0.15, -0.1) is 0 Å². The summed E-state index contributed by atoms with van der Waals surface area (Å²) in [5, 5.41) is 27.5. The molecule has 3 aromatic heterocycles. The van der Waals surface area contributed by atoms with Crippen LogP contribution in [0.2, 0.25) is 0 Å². The number of carbonyl (C=O) groups excluding carboxylic acids is 1. The van der Waals surface area contributed by atoms with Gasteiger partial charge in [-0.25, -0.2) is 18.4 Å². The molecule has 0 aliphatic carbocycles. The average Bonchev–Trinajstić information content (AvgIpc) is 3.55. The van der Waals surface area contributed by atoms with Crippen molar-refractivity contribution in [3.63, 3.8) is 0 Å². The smallest absolute Gasteiger partial charge is 0.333 e. The number of rotatable bonds is 10. The lowest BCUT2D eigenvalue weighted by atomic mass is 10.0. The minimum Gasteiger partial charge on any atom is -0.508 e. The van der Waals surface area contributed by atoms with Crippen molar-refractivity contribution in [3.8, 4) is 16.8 Å². The molecule has 13 heteroatoms. The zero-order valence-corrected chi connectivity index (χ0v) is 24.2. The summed E-state index contributed by atoms with van der Waals surface area (Å²) >= 11 is 1.15. The Morgan fingerprint density at radius 1 is 1.32 bits per heavy atom. The Morgan fingerprint density at radius 3 is 2.68 bits per heavy atom. The molecular weight excluding hydrogens is 551 g/mol. The van der Waals surface area contributed by atoms with E-state index in [4.69, 9.17) is 10.00 Å². The van der Waals surface area contributed by atoms with E-state index in [1.165, 1.54) is 24.5 Å². The average molecular weight is 583 g/mol. The second-order valence-corrected chi connectivity index (χ2v) is 11.3. The minimum absolute atomic E-state index is 0.0142. The van der Waals surface area contributed by atoms with Crippen LogP contribution in [0.4, 0.5) is 4.39 Å². The van der Waals surface area contributed by atoms with Gasteiger partial charge in [-0.3, -0.25) is 14.2 Å². The second-order valence-electron chi connectivity index (χ2n) is 10.4. The number of aromatic nitrogens is 4. The first-order valence-electron chi connectivity index (χ1n) is 13.0. The van der Waals surface area contributed by atoms with Gasteiger partial charge in [0.05, 0.1) is 31.0 Å². The normalized spacial score (nSPS) is 12.5. The van der Waals surface area contributed by atoms with E-state index >= 15 is 0 Å². The van der Waals surface area contributed by atoms with Gasteiger partial charge >= 0.3 is 5.69 Å². The fourth-order valence-electron chi connectivity index (χ4n) is 4.57. The van der Waals surface area contributed by atoms with Crippen LogP contribution in [0.3, 0.4) is 0 Å². The number of ether oxygens (including phenoxy) is 1. The van der Waals surface area contributed by atoms with E-state index in [1.54, 1.807) is 43.9 Å². The molecule has 1 amide bonds. The van der Waals surface area contributed by atoms with Crippen LogP contribution in [0.5, 0.6) is 5.75 Å². The first-order valence-corrected chi connectivity index (χ1v) is 13.8. The van der Waals surface area contributed by atoms with Gasteiger partial charge in [-0.1, -0.05) is 11.3 Å². The van der Waals surface area contributed by atoms with Crippen LogP contribution in [0.1, 0.15) is 51.3 Å². The summed E-state index contributed by atoms with van der Waals surface area (Å²) in [6, 6.07) is 6.81. The molecule has 3 heterocycles. The molecule has 216 valence electrons. The Labute approximate surface area is 239 Å². The molecule has 4 aromatic rings. The van der Waals surface area contributed by atoms with Crippen molar-refractivity contribution in [2.45, 2.75) is 65.3 Å². The van der Waals surface area contributed by atoms with Crippen molar-refractivity contribution < 1.29 is 19.0 Å². The number of aryl methyl sites for hydroxylation is 1. The summed E-state index contributed by atoms with van der Waals surface area (Å²) in [6.45, 7) is 7.94. The third kappa shape index (κ3) is 5.66. The van der Waals surface area contributed by atoms with E-state index in [9.17, 15) is 23.9 Å². The number of amides is 1. The fourth-order valence-corrected chi connectivity index (χ4v) is 5.82. The highest BCUT2D eigenvalue weighted by atomic mass is 32.1. The van der Waals surface area contributed by atoms with Gasteiger partial charge in [0.25, 0.3) is 5.56 Å². The Bertz CT molecular complexity index is 1750. The first kappa shape index (κ1) is 29.7. The molecule has 2 N–H and O–H groups in total. The van der Waals surface area contributed by atoms with Gasteiger partial charge < -0.3 is 15.2 Å². The number of benzene rings is 1. The van der Waals surface area contributed by atoms with Crippen LogP contribution in [0.15, 0.2) is 46.2 Å². The molecule has 0 aliphatic rings.